The van der Waals surface area contributed by atoms with E-state index in [4.69, 9.17) is 10.9 Å². The molecule has 0 fully saturated rings. The van der Waals surface area contributed by atoms with Gasteiger partial charge in [-0.1, -0.05) is 6.07 Å². The van der Waals surface area contributed by atoms with Crippen LogP contribution in [0.3, 0.4) is 0 Å². The summed E-state index contributed by atoms with van der Waals surface area (Å²) in [5.41, 5.74) is 4.64. The lowest BCUT2D eigenvalue weighted by Crippen LogP contribution is -2.16. The second-order valence-electron chi connectivity index (χ2n) is 2.74. The van der Waals surface area contributed by atoms with Crippen LogP contribution in [0.25, 0.3) is 0 Å². The summed E-state index contributed by atoms with van der Waals surface area (Å²) in [6, 6.07) is 2.22. The zero-order chi connectivity index (χ0) is 11.6. The van der Waals surface area contributed by atoms with E-state index in [2.05, 4.69) is 4.98 Å². The monoisotopic (exact) mass is 237 g/mol. The Bertz CT molecular complexity index is 461. The van der Waals surface area contributed by atoms with E-state index in [0.717, 1.165) is 6.07 Å². The van der Waals surface area contributed by atoms with E-state index >= 15 is 0 Å². The Labute approximate surface area is 85.2 Å². The highest BCUT2D eigenvalue weighted by Crippen LogP contribution is 2.21. The molecule has 0 radical (unpaired) electrons. The van der Waals surface area contributed by atoms with Gasteiger partial charge >= 0.3 is 0 Å². The largest absolute Gasteiger partial charge is 0.326 e. The molecule has 4 N–H and O–H groups in total. The highest BCUT2D eigenvalue weighted by Gasteiger charge is 2.18. The van der Waals surface area contributed by atoms with Gasteiger partial charge in [0.2, 0.25) is 0 Å². The van der Waals surface area contributed by atoms with Crippen molar-refractivity contribution in [3.05, 3.63) is 23.4 Å². The van der Waals surface area contributed by atoms with E-state index in [1.807, 2.05) is 0 Å². The van der Waals surface area contributed by atoms with Gasteiger partial charge in [0.25, 0.3) is 16.4 Å². The highest BCUT2D eigenvalue weighted by atomic mass is 32.2. The van der Waals surface area contributed by atoms with Gasteiger partial charge in [0.1, 0.15) is 5.69 Å². The zero-order valence-electron chi connectivity index (χ0n) is 7.52. The summed E-state index contributed by atoms with van der Waals surface area (Å²) in [4.78, 5) is 3.27. The predicted molar refractivity (Wildman–Crippen MR) is 48.5 cm³/mol. The van der Waals surface area contributed by atoms with E-state index in [1.165, 1.54) is 6.07 Å². The molecular weight excluding hydrogens is 228 g/mol. The zero-order valence-corrected chi connectivity index (χ0v) is 8.34. The average Bonchev–Trinajstić information content (AvgIpc) is 2.15. The molecule has 0 aliphatic carbocycles. The molecule has 0 spiro atoms. The van der Waals surface area contributed by atoms with Crippen molar-refractivity contribution < 1.29 is 17.2 Å². The van der Waals surface area contributed by atoms with Crippen LogP contribution in [0.1, 0.15) is 17.7 Å². The molecule has 0 saturated carbocycles. The molecule has 0 amide bonds. The number of aromatic nitrogens is 1. The Morgan fingerprint density at radius 3 is 2.40 bits per heavy atom. The lowest BCUT2D eigenvalue weighted by Gasteiger charge is -2.07. The molecule has 1 aromatic rings. The first-order chi connectivity index (χ1) is 6.86. The fraction of sp³-hybridized carbons (Fsp3) is 0.286. The Hall–Kier alpha value is -1.12. The minimum atomic E-state index is -4.07. The number of hydrogen-bond donors (Lipinski definition) is 2. The van der Waals surface area contributed by atoms with Crippen molar-refractivity contribution in [3.63, 3.8) is 0 Å². The van der Waals surface area contributed by atoms with Crippen LogP contribution < -0.4 is 10.9 Å². The highest BCUT2D eigenvalue weighted by molar-refractivity contribution is 7.89. The van der Waals surface area contributed by atoms with Gasteiger partial charge in [0.15, 0.2) is 5.03 Å². The number of nitrogens with zero attached hydrogens (tertiary/aromatic N) is 1. The van der Waals surface area contributed by atoms with E-state index in [1.54, 1.807) is 0 Å². The summed E-state index contributed by atoms with van der Waals surface area (Å²) in [7, 11) is -4.07. The fourth-order valence-electron chi connectivity index (χ4n) is 1.01. The van der Waals surface area contributed by atoms with Crippen molar-refractivity contribution in [2.45, 2.75) is 18.0 Å². The predicted octanol–water partition coefficient (Wildman–Crippen LogP) is 0.125. The van der Waals surface area contributed by atoms with E-state index < -0.39 is 27.2 Å². The number of halogens is 2. The summed E-state index contributed by atoms with van der Waals surface area (Å²) >= 11 is 0. The van der Waals surface area contributed by atoms with Gasteiger partial charge in [-0.05, 0) is 11.6 Å². The van der Waals surface area contributed by atoms with Crippen LogP contribution in [0.5, 0.6) is 0 Å². The number of primary sulfonamides is 1. The van der Waals surface area contributed by atoms with Crippen LogP contribution in [0.15, 0.2) is 17.2 Å². The van der Waals surface area contributed by atoms with Crippen LogP contribution >= 0.6 is 0 Å². The first-order valence-electron chi connectivity index (χ1n) is 3.87. The minimum Gasteiger partial charge on any atom is -0.326 e. The van der Waals surface area contributed by atoms with Crippen LogP contribution in [-0.2, 0) is 16.6 Å². The molecule has 1 heterocycles. The Kier molecular flexibility index (Phi) is 3.32. The third kappa shape index (κ3) is 2.67. The van der Waals surface area contributed by atoms with E-state index in [0.29, 0.717) is 0 Å². The van der Waals surface area contributed by atoms with Crippen molar-refractivity contribution in [3.8, 4) is 0 Å². The first-order valence-corrected chi connectivity index (χ1v) is 5.41. The molecule has 5 nitrogen and oxygen atoms in total. The maximum atomic E-state index is 12.4. The normalized spacial score (nSPS) is 12.1. The maximum absolute atomic E-state index is 12.4. The van der Waals surface area contributed by atoms with Gasteiger partial charge in [0.05, 0.1) is 0 Å². The van der Waals surface area contributed by atoms with E-state index in [9.17, 15) is 17.2 Å². The molecule has 0 aromatic carbocycles. The van der Waals surface area contributed by atoms with E-state index in [-0.39, 0.29) is 12.1 Å². The molecule has 15 heavy (non-hydrogen) atoms. The second-order valence-corrected chi connectivity index (χ2v) is 4.25. The van der Waals surface area contributed by atoms with Crippen molar-refractivity contribution in [2.75, 3.05) is 0 Å². The van der Waals surface area contributed by atoms with Gasteiger partial charge in [-0.2, -0.15) is 0 Å². The van der Waals surface area contributed by atoms with Gasteiger partial charge in [-0.25, -0.2) is 27.3 Å². The average molecular weight is 237 g/mol. The van der Waals surface area contributed by atoms with Crippen molar-refractivity contribution >= 4 is 10.0 Å². The van der Waals surface area contributed by atoms with Crippen molar-refractivity contribution in [1.82, 2.24) is 4.98 Å². The SMILES string of the molecule is NCc1ccc(S(N)(=O)=O)nc1C(F)F. The van der Waals surface area contributed by atoms with Crippen molar-refractivity contribution in [2.24, 2.45) is 10.9 Å². The number of sulfonamides is 1. The number of rotatable bonds is 3. The summed E-state index contributed by atoms with van der Waals surface area (Å²) in [6.45, 7) is -0.141. The number of pyridine rings is 1. The molecule has 0 bridgehead atoms. The molecule has 1 aromatic heterocycles. The molecular formula is C7H9F2N3O2S. The van der Waals surface area contributed by atoms with Gasteiger partial charge in [-0.15, -0.1) is 0 Å². The molecule has 0 atom stereocenters. The Morgan fingerprint density at radius 2 is 2.00 bits per heavy atom. The smallest absolute Gasteiger partial charge is 0.280 e. The standard InChI is InChI=1S/C7H9F2N3O2S/c8-7(9)6-4(3-10)1-2-5(12-6)15(11,13)14/h1-2,7H,3,10H2,(H2,11,13,14). The number of alkyl halides is 2. The summed E-state index contributed by atoms with van der Waals surface area (Å²) in [6.07, 6.45) is -2.88. The Balaban J connectivity index is 3.35. The summed E-state index contributed by atoms with van der Waals surface area (Å²) in [5.74, 6) is 0. The van der Waals surface area contributed by atoms with Crippen LogP contribution in [0.2, 0.25) is 0 Å². The first kappa shape index (κ1) is 12.0. The van der Waals surface area contributed by atoms with Crippen LogP contribution in [0.4, 0.5) is 8.78 Å². The topological polar surface area (TPSA) is 99.1 Å². The summed E-state index contributed by atoms with van der Waals surface area (Å²) < 4.78 is 46.6. The third-order valence-corrected chi connectivity index (χ3v) is 2.52. The van der Waals surface area contributed by atoms with Crippen LogP contribution in [-0.4, -0.2) is 13.4 Å². The Morgan fingerprint density at radius 1 is 1.40 bits per heavy atom. The molecule has 0 aliphatic rings. The molecule has 0 aliphatic heterocycles. The third-order valence-electron chi connectivity index (χ3n) is 1.70. The number of hydrogen-bond acceptors (Lipinski definition) is 4. The molecule has 1 rings (SSSR count). The van der Waals surface area contributed by atoms with Gasteiger partial charge in [0, 0.05) is 6.54 Å². The lowest BCUT2D eigenvalue weighted by molar-refractivity contribution is 0.144. The van der Waals surface area contributed by atoms with Crippen molar-refractivity contribution in [1.29, 1.82) is 0 Å². The molecule has 84 valence electrons. The lowest BCUT2D eigenvalue weighted by atomic mass is 10.2. The summed E-state index contributed by atoms with van der Waals surface area (Å²) in [5, 5.41) is 4.16. The number of nitrogens with two attached hydrogens (primary N) is 2. The quantitative estimate of drug-likeness (QED) is 0.780. The fourth-order valence-corrected chi connectivity index (χ4v) is 1.49. The maximum Gasteiger partial charge on any atom is 0.280 e. The molecule has 0 unspecified atom stereocenters. The molecule has 8 heteroatoms. The van der Waals surface area contributed by atoms with Crippen LogP contribution in [0, 0.1) is 0 Å². The minimum absolute atomic E-state index is 0.0948. The molecule has 0 saturated heterocycles. The van der Waals surface area contributed by atoms with Gasteiger partial charge < -0.3 is 5.73 Å². The van der Waals surface area contributed by atoms with Gasteiger partial charge in [-0.3, -0.25) is 0 Å². The second kappa shape index (κ2) is 4.17.